The Morgan fingerprint density at radius 2 is 1.07 bits per heavy atom. The molecular formula is C37H25N3. The SMILES string of the molecule is Cn1c2ccccc2c2c(-c3cccc4cccc(C#N)c34)c3c(c(-c4ccccc4)c21)c1ccccc1n3C. The predicted molar refractivity (Wildman–Crippen MR) is 168 cm³/mol. The zero-order chi connectivity index (χ0) is 27.0. The molecule has 3 nitrogen and oxygen atoms in total. The Kier molecular flexibility index (Phi) is 4.72. The van der Waals surface area contributed by atoms with Crippen LogP contribution >= 0.6 is 0 Å². The minimum atomic E-state index is 0.695. The first-order valence-electron chi connectivity index (χ1n) is 13.6. The fraction of sp³-hybridized carbons (Fsp3) is 0.0541. The molecule has 0 fully saturated rings. The molecule has 6 aromatic carbocycles. The quantitative estimate of drug-likeness (QED) is 0.228. The topological polar surface area (TPSA) is 33.6 Å². The molecule has 188 valence electrons. The van der Waals surface area contributed by atoms with Crippen LogP contribution in [0.5, 0.6) is 0 Å². The first-order chi connectivity index (χ1) is 19.7. The zero-order valence-corrected chi connectivity index (χ0v) is 22.3. The molecule has 0 spiro atoms. The zero-order valence-electron chi connectivity index (χ0n) is 22.3. The van der Waals surface area contributed by atoms with Crippen LogP contribution in [0.25, 0.3) is 76.6 Å². The highest BCUT2D eigenvalue weighted by molar-refractivity contribution is 6.33. The Balaban J connectivity index is 1.77. The fourth-order valence-electron chi connectivity index (χ4n) is 6.91. The number of aromatic nitrogens is 2. The highest BCUT2D eigenvalue weighted by Gasteiger charge is 2.27. The van der Waals surface area contributed by atoms with E-state index in [2.05, 4.69) is 132 Å². The van der Waals surface area contributed by atoms with Gasteiger partial charge in [0.15, 0.2) is 0 Å². The second-order valence-electron chi connectivity index (χ2n) is 10.5. The summed E-state index contributed by atoms with van der Waals surface area (Å²) < 4.78 is 4.70. The molecule has 40 heavy (non-hydrogen) atoms. The number of benzene rings is 6. The smallest absolute Gasteiger partial charge is 0.0998 e. The number of para-hydroxylation sites is 2. The van der Waals surface area contributed by atoms with Gasteiger partial charge in [0.05, 0.1) is 22.7 Å². The van der Waals surface area contributed by atoms with Gasteiger partial charge in [-0.3, -0.25) is 0 Å². The molecule has 8 aromatic rings. The van der Waals surface area contributed by atoms with Crippen LogP contribution in [0.1, 0.15) is 5.56 Å². The van der Waals surface area contributed by atoms with Crippen LogP contribution < -0.4 is 0 Å². The molecule has 0 unspecified atom stereocenters. The fourth-order valence-corrected chi connectivity index (χ4v) is 6.91. The third-order valence-corrected chi connectivity index (χ3v) is 8.54. The molecule has 0 aliphatic carbocycles. The number of aryl methyl sites for hydroxylation is 2. The second kappa shape index (κ2) is 8.33. The molecule has 0 aliphatic rings. The van der Waals surface area contributed by atoms with Crippen LogP contribution in [0, 0.1) is 11.3 Å². The van der Waals surface area contributed by atoms with Gasteiger partial charge in [0, 0.05) is 63.2 Å². The third-order valence-electron chi connectivity index (χ3n) is 8.54. The van der Waals surface area contributed by atoms with Crippen molar-refractivity contribution in [3.05, 3.63) is 121 Å². The summed E-state index contributed by atoms with van der Waals surface area (Å²) in [5.74, 6) is 0. The van der Waals surface area contributed by atoms with E-state index in [0.29, 0.717) is 5.56 Å². The van der Waals surface area contributed by atoms with Crippen LogP contribution in [0.4, 0.5) is 0 Å². The van der Waals surface area contributed by atoms with Gasteiger partial charge in [-0.1, -0.05) is 97.1 Å². The van der Waals surface area contributed by atoms with E-state index in [0.717, 1.165) is 16.3 Å². The predicted octanol–water partition coefficient (Wildman–Crippen LogP) is 9.34. The number of nitriles is 1. The van der Waals surface area contributed by atoms with Gasteiger partial charge in [0.25, 0.3) is 0 Å². The van der Waals surface area contributed by atoms with Gasteiger partial charge in [-0.25, -0.2) is 0 Å². The van der Waals surface area contributed by atoms with Gasteiger partial charge in [-0.2, -0.15) is 5.26 Å². The Morgan fingerprint density at radius 1 is 0.525 bits per heavy atom. The first kappa shape index (κ1) is 22.6. The standard InChI is InChI=1S/C37H25N3/c1-39-30-21-9-7-18-27(30)34-35(28-19-11-15-23-14-10-16-25(22-38)31(23)28)37-33(26-17-6-8-20-29(26)40(37)2)32(36(34)39)24-12-4-3-5-13-24/h3-21H,1-2H3. The minimum absolute atomic E-state index is 0.695. The van der Waals surface area contributed by atoms with E-state index in [1.807, 2.05) is 12.1 Å². The van der Waals surface area contributed by atoms with Gasteiger partial charge in [-0.05, 0) is 34.7 Å². The van der Waals surface area contributed by atoms with E-state index >= 15 is 0 Å². The summed E-state index contributed by atoms with van der Waals surface area (Å²) in [7, 11) is 4.36. The lowest BCUT2D eigenvalue weighted by Crippen LogP contribution is -1.96. The van der Waals surface area contributed by atoms with Crippen molar-refractivity contribution < 1.29 is 0 Å². The average molecular weight is 512 g/mol. The number of fused-ring (bicyclic) bond motifs is 7. The lowest BCUT2D eigenvalue weighted by molar-refractivity contribution is 1.01. The summed E-state index contributed by atoms with van der Waals surface area (Å²) in [6, 6.07) is 43.1. The van der Waals surface area contributed by atoms with Gasteiger partial charge < -0.3 is 9.13 Å². The van der Waals surface area contributed by atoms with Crippen molar-refractivity contribution in [2.45, 2.75) is 0 Å². The van der Waals surface area contributed by atoms with E-state index in [1.54, 1.807) is 0 Å². The Labute approximate surface area is 231 Å². The third kappa shape index (κ3) is 2.88. The maximum absolute atomic E-state index is 10.2. The molecule has 8 rings (SSSR count). The van der Waals surface area contributed by atoms with E-state index in [-0.39, 0.29) is 0 Å². The van der Waals surface area contributed by atoms with Crippen molar-refractivity contribution in [1.82, 2.24) is 9.13 Å². The lowest BCUT2D eigenvalue weighted by Gasteiger charge is -2.17. The molecular weight excluding hydrogens is 486 g/mol. The highest BCUT2D eigenvalue weighted by Crippen LogP contribution is 2.51. The van der Waals surface area contributed by atoms with E-state index in [9.17, 15) is 5.26 Å². The molecule has 2 aromatic heterocycles. The summed E-state index contributed by atoms with van der Waals surface area (Å²) >= 11 is 0. The van der Waals surface area contributed by atoms with Crippen LogP contribution in [0.2, 0.25) is 0 Å². The van der Waals surface area contributed by atoms with Crippen molar-refractivity contribution >= 4 is 54.4 Å². The van der Waals surface area contributed by atoms with Crippen LogP contribution in [-0.4, -0.2) is 9.13 Å². The van der Waals surface area contributed by atoms with Crippen molar-refractivity contribution in [1.29, 1.82) is 5.26 Å². The molecule has 0 bridgehead atoms. The van der Waals surface area contributed by atoms with Crippen molar-refractivity contribution in [2.75, 3.05) is 0 Å². The molecule has 0 amide bonds. The van der Waals surface area contributed by atoms with Crippen molar-refractivity contribution in [3.63, 3.8) is 0 Å². The summed E-state index contributed by atoms with van der Waals surface area (Å²) in [5.41, 5.74) is 10.2. The largest absolute Gasteiger partial charge is 0.343 e. The number of nitrogens with zero attached hydrogens (tertiary/aromatic N) is 3. The Bertz CT molecular complexity index is 2330. The van der Waals surface area contributed by atoms with Gasteiger partial charge in [0.1, 0.15) is 0 Å². The number of hydrogen-bond acceptors (Lipinski definition) is 1. The maximum Gasteiger partial charge on any atom is 0.0998 e. The number of rotatable bonds is 2. The van der Waals surface area contributed by atoms with E-state index in [4.69, 9.17) is 0 Å². The summed E-state index contributed by atoms with van der Waals surface area (Å²) in [6.45, 7) is 0. The van der Waals surface area contributed by atoms with Crippen molar-refractivity contribution in [3.8, 4) is 28.3 Å². The van der Waals surface area contributed by atoms with E-state index < -0.39 is 0 Å². The molecule has 0 saturated heterocycles. The van der Waals surface area contributed by atoms with Crippen LogP contribution in [0.3, 0.4) is 0 Å². The normalized spacial score (nSPS) is 11.7. The van der Waals surface area contributed by atoms with Crippen LogP contribution in [-0.2, 0) is 14.1 Å². The molecule has 0 saturated carbocycles. The molecule has 0 aliphatic heterocycles. The number of hydrogen-bond donors (Lipinski definition) is 0. The summed E-state index contributed by atoms with van der Waals surface area (Å²) in [5, 5.41) is 17.2. The monoisotopic (exact) mass is 511 g/mol. The first-order valence-corrected chi connectivity index (χ1v) is 13.6. The highest BCUT2D eigenvalue weighted by atomic mass is 15.0. The second-order valence-corrected chi connectivity index (χ2v) is 10.5. The Morgan fingerprint density at radius 3 is 1.73 bits per heavy atom. The van der Waals surface area contributed by atoms with Gasteiger partial charge in [-0.15, -0.1) is 0 Å². The molecule has 0 N–H and O–H groups in total. The average Bonchev–Trinajstić information content (AvgIpc) is 3.47. The minimum Gasteiger partial charge on any atom is -0.343 e. The maximum atomic E-state index is 10.2. The van der Waals surface area contributed by atoms with Crippen LogP contribution in [0.15, 0.2) is 115 Å². The Hall–Kier alpha value is -5.33. The summed E-state index contributed by atoms with van der Waals surface area (Å²) in [6.07, 6.45) is 0. The molecule has 0 radical (unpaired) electrons. The van der Waals surface area contributed by atoms with Gasteiger partial charge >= 0.3 is 0 Å². The summed E-state index contributed by atoms with van der Waals surface area (Å²) in [4.78, 5) is 0. The molecule has 0 atom stereocenters. The van der Waals surface area contributed by atoms with Gasteiger partial charge in [0.2, 0.25) is 0 Å². The van der Waals surface area contributed by atoms with E-state index in [1.165, 1.54) is 60.3 Å². The molecule has 3 heteroatoms. The van der Waals surface area contributed by atoms with Crippen molar-refractivity contribution in [2.24, 2.45) is 14.1 Å². The lowest BCUT2D eigenvalue weighted by atomic mass is 9.87. The molecule has 2 heterocycles.